The molecule has 1 aromatic heterocycles. The van der Waals surface area contributed by atoms with E-state index in [-0.39, 0.29) is 0 Å². The molecule has 0 bridgehead atoms. The third kappa shape index (κ3) is 2.21. The van der Waals surface area contributed by atoms with Crippen LogP contribution in [0.4, 0.5) is 11.6 Å². The van der Waals surface area contributed by atoms with Crippen molar-refractivity contribution in [1.29, 1.82) is 0 Å². The Labute approximate surface area is 95.3 Å². The van der Waals surface area contributed by atoms with Crippen molar-refractivity contribution in [2.24, 2.45) is 0 Å². The first kappa shape index (κ1) is 10.7. The highest BCUT2D eigenvalue weighted by Gasteiger charge is 2.02. The Morgan fingerprint density at radius 2 is 2.12 bits per heavy atom. The van der Waals surface area contributed by atoms with Gasteiger partial charge >= 0.3 is 0 Å². The van der Waals surface area contributed by atoms with Crippen LogP contribution in [-0.2, 0) is 6.54 Å². The smallest absolute Gasteiger partial charge is 0.246 e. The minimum atomic E-state index is 0.647. The molecule has 0 saturated heterocycles. The molecule has 0 saturated carbocycles. The van der Waals surface area contributed by atoms with E-state index in [0.717, 1.165) is 12.2 Å². The van der Waals surface area contributed by atoms with Gasteiger partial charge in [-0.15, -0.1) is 5.10 Å². The van der Waals surface area contributed by atoms with Gasteiger partial charge < -0.3 is 5.32 Å². The molecule has 1 N–H and O–H groups in total. The van der Waals surface area contributed by atoms with E-state index < -0.39 is 0 Å². The lowest BCUT2D eigenvalue weighted by Gasteiger charge is -2.06. The monoisotopic (exact) mass is 216 g/mol. The number of nitrogens with one attached hydrogen (secondary N) is 1. The first-order chi connectivity index (χ1) is 7.69. The van der Waals surface area contributed by atoms with Gasteiger partial charge in [0.15, 0.2) is 0 Å². The van der Waals surface area contributed by atoms with Crippen LogP contribution < -0.4 is 5.32 Å². The molecule has 0 amide bonds. The number of aryl methyl sites for hydroxylation is 3. The van der Waals surface area contributed by atoms with Crippen molar-refractivity contribution in [3.63, 3.8) is 0 Å². The lowest BCUT2D eigenvalue weighted by Crippen LogP contribution is -1.98. The molecule has 84 valence electrons. The quantitative estimate of drug-likeness (QED) is 0.857. The van der Waals surface area contributed by atoms with Crippen molar-refractivity contribution in [2.45, 2.75) is 27.3 Å². The van der Waals surface area contributed by atoms with Crippen molar-refractivity contribution in [2.75, 3.05) is 5.32 Å². The maximum atomic E-state index is 4.28. The molecule has 0 radical (unpaired) electrons. The van der Waals surface area contributed by atoms with Gasteiger partial charge in [-0.25, -0.2) is 4.98 Å². The van der Waals surface area contributed by atoms with Crippen LogP contribution >= 0.6 is 0 Å². The summed E-state index contributed by atoms with van der Waals surface area (Å²) in [5, 5.41) is 7.49. The SMILES string of the molecule is CCn1cnc(Nc2ccc(C)cc2C)n1. The highest BCUT2D eigenvalue weighted by molar-refractivity contribution is 5.58. The second kappa shape index (κ2) is 4.35. The number of rotatable bonds is 3. The molecule has 0 fully saturated rings. The minimum Gasteiger partial charge on any atom is -0.323 e. The van der Waals surface area contributed by atoms with Crippen LogP contribution in [0.25, 0.3) is 0 Å². The van der Waals surface area contributed by atoms with Gasteiger partial charge in [0.05, 0.1) is 0 Å². The molecule has 0 aliphatic carbocycles. The van der Waals surface area contributed by atoms with Gasteiger partial charge in [0.25, 0.3) is 0 Å². The van der Waals surface area contributed by atoms with E-state index in [2.05, 4.69) is 47.4 Å². The van der Waals surface area contributed by atoms with Gasteiger partial charge in [-0.3, -0.25) is 4.68 Å². The van der Waals surface area contributed by atoms with E-state index in [1.165, 1.54) is 11.1 Å². The zero-order chi connectivity index (χ0) is 11.5. The summed E-state index contributed by atoms with van der Waals surface area (Å²) in [7, 11) is 0. The lowest BCUT2D eigenvalue weighted by atomic mass is 10.1. The maximum absolute atomic E-state index is 4.28. The first-order valence-corrected chi connectivity index (χ1v) is 5.42. The molecule has 0 atom stereocenters. The van der Waals surface area contributed by atoms with Gasteiger partial charge in [0, 0.05) is 12.2 Å². The number of aromatic nitrogens is 3. The van der Waals surface area contributed by atoms with Crippen molar-refractivity contribution in [3.8, 4) is 0 Å². The van der Waals surface area contributed by atoms with Crippen molar-refractivity contribution >= 4 is 11.6 Å². The highest BCUT2D eigenvalue weighted by Crippen LogP contribution is 2.18. The largest absolute Gasteiger partial charge is 0.323 e. The maximum Gasteiger partial charge on any atom is 0.246 e. The van der Waals surface area contributed by atoms with E-state index in [1.54, 1.807) is 11.0 Å². The number of hydrogen-bond acceptors (Lipinski definition) is 3. The van der Waals surface area contributed by atoms with E-state index >= 15 is 0 Å². The third-order valence-electron chi connectivity index (χ3n) is 2.49. The predicted molar refractivity (Wildman–Crippen MR) is 64.9 cm³/mol. The van der Waals surface area contributed by atoms with Crippen LogP contribution in [-0.4, -0.2) is 14.8 Å². The average Bonchev–Trinajstić information content (AvgIpc) is 2.70. The Morgan fingerprint density at radius 1 is 1.31 bits per heavy atom. The minimum absolute atomic E-state index is 0.647. The molecule has 2 aromatic rings. The van der Waals surface area contributed by atoms with Crippen LogP contribution in [0, 0.1) is 13.8 Å². The van der Waals surface area contributed by atoms with Crippen LogP contribution in [0.1, 0.15) is 18.1 Å². The summed E-state index contributed by atoms with van der Waals surface area (Å²) in [5.74, 6) is 0.647. The zero-order valence-corrected chi connectivity index (χ0v) is 9.86. The fraction of sp³-hybridized carbons (Fsp3) is 0.333. The number of hydrogen-bond donors (Lipinski definition) is 1. The number of anilines is 2. The predicted octanol–water partition coefficient (Wildman–Crippen LogP) is 2.66. The topological polar surface area (TPSA) is 42.7 Å². The van der Waals surface area contributed by atoms with E-state index in [1.807, 2.05) is 6.92 Å². The summed E-state index contributed by atoms with van der Waals surface area (Å²) in [6.07, 6.45) is 1.73. The summed E-state index contributed by atoms with van der Waals surface area (Å²) in [4.78, 5) is 4.19. The Bertz CT molecular complexity index is 488. The van der Waals surface area contributed by atoms with Gasteiger partial charge in [-0.1, -0.05) is 17.7 Å². The second-order valence-corrected chi connectivity index (χ2v) is 3.87. The second-order valence-electron chi connectivity index (χ2n) is 3.87. The summed E-state index contributed by atoms with van der Waals surface area (Å²) in [6, 6.07) is 6.27. The lowest BCUT2D eigenvalue weighted by molar-refractivity contribution is 0.660. The Morgan fingerprint density at radius 3 is 2.75 bits per heavy atom. The molecule has 0 spiro atoms. The molecule has 0 aliphatic rings. The Balaban J connectivity index is 2.20. The van der Waals surface area contributed by atoms with Gasteiger partial charge in [-0.2, -0.15) is 0 Å². The molecule has 1 aromatic carbocycles. The summed E-state index contributed by atoms with van der Waals surface area (Å²) in [5.41, 5.74) is 3.52. The summed E-state index contributed by atoms with van der Waals surface area (Å²) < 4.78 is 1.80. The fourth-order valence-corrected chi connectivity index (χ4v) is 1.58. The van der Waals surface area contributed by atoms with Crippen molar-refractivity contribution in [1.82, 2.24) is 14.8 Å². The highest BCUT2D eigenvalue weighted by atomic mass is 15.4. The van der Waals surface area contributed by atoms with Gasteiger partial charge in [0.2, 0.25) is 5.95 Å². The van der Waals surface area contributed by atoms with Crippen molar-refractivity contribution < 1.29 is 0 Å². The van der Waals surface area contributed by atoms with Crippen LogP contribution in [0.15, 0.2) is 24.5 Å². The molecular formula is C12H16N4. The van der Waals surface area contributed by atoms with Crippen LogP contribution in [0.5, 0.6) is 0 Å². The Hall–Kier alpha value is -1.84. The molecule has 0 unspecified atom stereocenters. The van der Waals surface area contributed by atoms with Gasteiger partial charge in [0.1, 0.15) is 6.33 Å². The first-order valence-electron chi connectivity index (χ1n) is 5.42. The average molecular weight is 216 g/mol. The van der Waals surface area contributed by atoms with Crippen LogP contribution in [0.2, 0.25) is 0 Å². The molecule has 4 nitrogen and oxygen atoms in total. The number of benzene rings is 1. The summed E-state index contributed by atoms with van der Waals surface area (Å²) in [6.45, 7) is 7.03. The normalized spacial score (nSPS) is 10.4. The standard InChI is InChI=1S/C12H16N4/c1-4-16-8-13-12(15-16)14-11-6-5-9(2)7-10(11)3/h5-8H,4H2,1-3H3,(H,14,15). The molecule has 2 rings (SSSR count). The molecule has 1 heterocycles. The zero-order valence-electron chi connectivity index (χ0n) is 9.86. The molecular weight excluding hydrogens is 200 g/mol. The van der Waals surface area contributed by atoms with E-state index in [4.69, 9.17) is 0 Å². The van der Waals surface area contributed by atoms with Crippen molar-refractivity contribution in [3.05, 3.63) is 35.7 Å². The van der Waals surface area contributed by atoms with E-state index in [0.29, 0.717) is 5.95 Å². The van der Waals surface area contributed by atoms with Gasteiger partial charge in [-0.05, 0) is 32.4 Å². The molecule has 4 heteroatoms. The number of nitrogens with zero attached hydrogens (tertiary/aromatic N) is 3. The fourth-order valence-electron chi connectivity index (χ4n) is 1.58. The molecule has 16 heavy (non-hydrogen) atoms. The Kier molecular flexibility index (Phi) is 2.90. The molecule has 0 aliphatic heterocycles. The van der Waals surface area contributed by atoms with E-state index in [9.17, 15) is 0 Å². The summed E-state index contributed by atoms with van der Waals surface area (Å²) >= 11 is 0. The third-order valence-corrected chi connectivity index (χ3v) is 2.49. The van der Waals surface area contributed by atoms with Crippen LogP contribution in [0.3, 0.4) is 0 Å².